The van der Waals surface area contributed by atoms with Gasteiger partial charge in [-0.05, 0) is 60.8 Å². The van der Waals surface area contributed by atoms with Crippen LogP contribution in [0.25, 0.3) is 11.1 Å². The lowest BCUT2D eigenvalue weighted by molar-refractivity contribution is -0.229. The number of rotatable bonds is 12. The van der Waals surface area contributed by atoms with Crippen LogP contribution in [0.4, 0.5) is 0 Å². The average molecular weight is 572 g/mol. The van der Waals surface area contributed by atoms with Crippen molar-refractivity contribution in [1.29, 1.82) is 5.26 Å². The van der Waals surface area contributed by atoms with Crippen LogP contribution in [0.5, 0.6) is 0 Å². The van der Waals surface area contributed by atoms with E-state index in [4.69, 9.17) is 4.84 Å². The minimum Gasteiger partial charge on any atom is -0.365 e. The van der Waals surface area contributed by atoms with E-state index in [1.807, 2.05) is 62.4 Å². The van der Waals surface area contributed by atoms with Crippen LogP contribution in [0.15, 0.2) is 48.5 Å². The van der Waals surface area contributed by atoms with Crippen LogP contribution < -0.4 is 0 Å². The van der Waals surface area contributed by atoms with Gasteiger partial charge in [-0.15, -0.1) is 5.06 Å². The summed E-state index contributed by atoms with van der Waals surface area (Å²) >= 11 is 0. The molecule has 42 heavy (non-hydrogen) atoms. The molecule has 2 aromatic carbocycles. The third kappa shape index (κ3) is 8.22. The van der Waals surface area contributed by atoms with Gasteiger partial charge in [-0.3, -0.25) is 4.79 Å². The number of carbonyl (C=O) groups is 2. The summed E-state index contributed by atoms with van der Waals surface area (Å²) in [4.78, 5) is 36.0. The van der Waals surface area contributed by atoms with Crippen molar-refractivity contribution in [3.05, 3.63) is 59.7 Å². The van der Waals surface area contributed by atoms with Gasteiger partial charge in [-0.1, -0.05) is 108 Å². The van der Waals surface area contributed by atoms with E-state index in [1.165, 1.54) is 38.5 Å². The quantitative estimate of drug-likeness (QED) is 0.240. The van der Waals surface area contributed by atoms with E-state index in [9.17, 15) is 14.9 Å². The largest absolute Gasteiger partial charge is 0.365 e. The third-order valence-electron chi connectivity index (χ3n) is 9.00. The number of nitrogens with zero attached hydrogens (tertiary/aromatic N) is 3. The highest BCUT2D eigenvalue weighted by Crippen LogP contribution is 2.32. The molecule has 0 heterocycles. The van der Waals surface area contributed by atoms with Gasteiger partial charge in [0.2, 0.25) is 5.91 Å². The number of nitriles is 1. The van der Waals surface area contributed by atoms with Crippen LogP contribution in [0.3, 0.4) is 0 Å². The van der Waals surface area contributed by atoms with Gasteiger partial charge in [0.1, 0.15) is 6.04 Å². The minimum atomic E-state index is -0.664. The van der Waals surface area contributed by atoms with Crippen LogP contribution in [0, 0.1) is 17.2 Å². The molecule has 0 radical (unpaired) electrons. The van der Waals surface area contributed by atoms with E-state index in [0.717, 1.165) is 55.2 Å². The van der Waals surface area contributed by atoms with E-state index in [2.05, 4.69) is 18.1 Å². The molecule has 0 spiro atoms. The first-order valence-electron chi connectivity index (χ1n) is 16.3. The number of benzene rings is 2. The predicted octanol–water partition coefficient (Wildman–Crippen LogP) is 8.19. The van der Waals surface area contributed by atoms with Crippen molar-refractivity contribution in [2.75, 3.05) is 0 Å². The lowest BCUT2D eigenvalue weighted by Crippen LogP contribution is -2.53. The summed E-state index contributed by atoms with van der Waals surface area (Å²) in [6.07, 6.45) is 13.6. The topological polar surface area (TPSA) is 73.6 Å². The third-order valence-corrected chi connectivity index (χ3v) is 9.00. The molecule has 0 N–H and O–H groups in total. The smallest absolute Gasteiger partial charge is 0.348 e. The maximum absolute atomic E-state index is 14.1. The van der Waals surface area contributed by atoms with E-state index in [0.29, 0.717) is 18.5 Å². The molecule has 2 aliphatic carbocycles. The SMILES string of the molecule is CCCCC(=O)N(Cc1ccc(-c2ccccc2C#N)cc1)[C@H](C(=O)ON(C1CCCCC1)C1CCCCC1)C(C)C. The Morgan fingerprint density at radius 1 is 0.905 bits per heavy atom. The molecule has 226 valence electrons. The Morgan fingerprint density at radius 3 is 2.05 bits per heavy atom. The molecule has 6 heteroatoms. The summed E-state index contributed by atoms with van der Waals surface area (Å²) in [5.74, 6) is -0.400. The first-order valence-corrected chi connectivity index (χ1v) is 16.3. The second-order valence-electron chi connectivity index (χ2n) is 12.5. The number of carbonyl (C=O) groups excluding carboxylic acids is 2. The summed E-state index contributed by atoms with van der Waals surface area (Å²) in [7, 11) is 0. The zero-order valence-electron chi connectivity index (χ0n) is 25.9. The van der Waals surface area contributed by atoms with Crippen molar-refractivity contribution in [2.45, 2.75) is 129 Å². The second-order valence-corrected chi connectivity index (χ2v) is 12.5. The number of hydroxylamine groups is 2. The maximum atomic E-state index is 14.1. The van der Waals surface area contributed by atoms with Crippen molar-refractivity contribution in [3.8, 4) is 17.2 Å². The summed E-state index contributed by atoms with van der Waals surface area (Å²) in [6.45, 7) is 6.45. The van der Waals surface area contributed by atoms with Crippen LogP contribution in [0.1, 0.15) is 115 Å². The number of hydrogen-bond donors (Lipinski definition) is 0. The Hall–Kier alpha value is -3.17. The Bertz CT molecular complexity index is 1170. The lowest BCUT2D eigenvalue weighted by atomic mass is 9.90. The van der Waals surface area contributed by atoms with Gasteiger partial charge in [0.05, 0.1) is 11.6 Å². The van der Waals surface area contributed by atoms with Crippen LogP contribution in [-0.2, 0) is 21.0 Å². The molecule has 1 amide bonds. The second kappa shape index (κ2) is 15.9. The predicted molar refractivity (Wildman–Crippen MR) is 167 cm³/mol. The molecule has 6 nitrogen and oxygen atoms in total. The highest BCUT2D eigenvalue weighted by Gasteiger charge is 2.38. The van der Waals surface area contributed by atoms with Crippen LogP contribution in [0.2, 0.25) is 0 Å². The Balaban J connectivity index is 1.58. The monoisotopic (exact) mass is 571 g/mol. The molecule has 0 saturated heterocycles. The summed E-state index contributed by atoms with van der Waals surface area (Å²) < 4.78 is 0. The zero-order valence-corrected chi connectivity index (χ0v) is 25.9. The molecule has 0 unspecified atom stereocenters. The standard InChI is InChI=1S/C36H49N3O3/c1-4-5-20-34(40)38(26-28-21-23-29(24-22-28)33-19-13-12-14-30(33)25-37)35(27(2)3)36(41)42-39(31-15-8-6-9-16-31)32-17-10-7-11-18-32/h12-14,19,21-24,27,31-32,35H,4-11,15-18,20,26H2,1-3H3/t35-/m0/s1. The molecule has 0 aliphatic heterocycles. The van der Waals surface area contributed by atoms with Crippen molar-refractivity contribution in [2.24, 2.45) is 5.92 Å². The van der Waals surface area contributed by atoms with Gasteiger partial charge >= 0.3 is 5.97 Å². The Kier molecular flexibility index (Phi) is 12.0. The molecule has 2 saturated carbocycles. The highest BCUT2D eigenvalue weighted by atomic mass is 16.7. The first kappa shape index (κ1) is 31.8. The lowest BCUT2D eigenvalue weighted by Gasteiger charge is -2.41. The van der Waals surface area contributed by atoms with Gasteiger partial charge in [-0.25, -0.2) is 4.79 Å². The summed E-state index contributed by atoms with van der Waals surface area (Å²) in [5.41, 5.74) is 3.42. The molecule has 2 aliphatic rings. The number of hydrogen-bond acceptors (Lipinski definition) is 5. The molecule has 0 bridgehead atoms. The fraction of sp³-hybridized carbons (Fsp3) is 0.583. The Labute approximate surface area is 253 Å². The zero-order chi connectivity index (χ0) is 29.9. The van der Waals surface area contributed by atoms with E-state index in [1.54, 1.807) is 4.90 Å². The van der Waals surface area contributed by atoms with Gasteiger partial charge < -0.3 is 9.74 Å². The Morgan fingerprint density at radius 2 is 1.50 bits per heavy atom. The molecule has 0 aromatic heterocycles. The summed E-state index contributed by atoms with van der Waals surface area (Å²) in [6, 6.07) is 17.7. The molecule has 4 rings (SSSR count). The van der Waals surface area contributed by atoms with E-state index in [-0.39, 0.29) is 29.9 Å². The minimum absolute atomic E-state index is 0.00622. The summed E-state index contributed by atoms with van der Waals surface area (Å²) in [5, 5.41) is 11.6. The van der Waals surface area contributed by atoms with Crippen LogP contribution in [-0.4, -0.2) is 40.0 Å². The van der Waals surface area contributed by atoms with E-state index >= 15 is 0 Å². The van der Waals surface area contributed by atoms with Crippen molar-refractivity contribution in [1.82, 2.24) is 9.96 Å². The van der Waals surface area contributed by atoms with Crippen molar-refractivity contribution >= 4 is 11.9 Å². The van der Waals surface area contributed by atoms with Crippen molar-refractivity contribution in [3.63, 3.8) is 0 Å². The molecular formula is C36H49N3O3. The molecule has 1 atom stereocenters. The van der Waals surface area contributed by atoms with Gasteiger partial charge in [0.15, 0.2) is 0 Å². The fourth-order valence-electron chi connectivity index (χ4n) is 6.67. The number of amides is 1. The first-order chi connectivity index (χ1) is 20.4. The highest BCUT2D eigenvalue weighted by molar-refractivity contribution is 5.84. The maximum Gasteiger partial charge on any atom is 0.348 e. The molecular weight excluding hydrogens is 522 g/mol. The van der Waals surface area contributed by atoms with Gasteiger partial charge in [0.25, 0.3) is 0 Å². The fourth-order valence-corrected chi connectivity index (χ4v) is 6.67. The average Bonchev–Trinajstić information content (AvgIpc) is 3.03. The molecule has 2 aromatic rings. The number of unbranched alkanes of at least 4 members (excludes halogenated alkanes) is 1. The normalized spacial score (nSPS) is 17.1. The van der Waals surface area contributed by atoms with Gasteiger partial charge in [-0.2, -0.15) is 5.26 Å². The van der Waals surface area contributed by atoms with Crippen LogP contribution >= 0.6 is 0 Å². The molecule has 2 fully saturated rings. The van der Waals surface area contributed by atoms with E-state index < -0.39 is 6.04 Å². The van der Waals surface area contributed by atoms with Gasteiger partial charge in [0, 0.05) is 25.0 Å². The van der Waals surface area contributed by atoms with Crippen molar-refractivity contribution < 1.29 is 14.4 Å².